The second kappa shape index (κ2) is 3.70. The zero-order valence-corrected chi connectivity index (χ0v) is 11.1. The first kappa shape index (κ1) is 11.0. The summed E-state index contributed by atoms with van der Waals surface area (Å²) in [7, 11) is 5.88. The van der Waals surface area contributed by atoms with E-state index in [4.69, 9.17) is 16.7 Å². The molecule has 2 radical (unpaired) electrons. The second-order valence-corrected chi connectivity index (χ2v) is 5.27. The van der Waals surface area contributed by atoms with Gasteiger partial charge in [0.05, 0.1) is 0 Å². The SMILES string of the molecule is [B]c1ccc2oc3c(ccc4c5ccccc5oc43)c2c1. The molecule has 0 aliphatic heterocycles. The Bertz CT molecular complexity index is 1150. The third kappa shape index (κ3) is 1.38. The Kier molecular flexibility index (Phi) is 1.94. The van der Waals surface area contributed by atoms with E-state index >= 15 is 0 Å². The van der Waals surface area contributed by atoms with Gasteiger partial charge in [-0.3, -0.25) is 0 Å². The maximum Gasteiger partial charge on any atom is 0.178 e. The minimum absolute atomic E-state index is 0.731. The Hall–Kier alpha value is -2.68. The highest BCUT2D eigenvalue weighted by atomic mass is 16.4. The van der Waals surface area contributed by atoms with Crippen molar-refractivity contribution in [1.29, 1.82) is 0 Å². The monoisotopic (exact) mass is 268 g/mol. The summed E-state index contributed by atoms with van der Waals surface area (Å²) < 4.78 is 12.0. The third-order valence-electron chi connectivity index (χ3n) is 4.01. The van der Waals surface area contributed by atoms with Crippen molar-refractivity contribution in [2.45, 2.75) is 0 Å². The van der Waals surface area contributed by atoms with E-state index in [0.717, 1.165) is 49.3 Å². The molecule has 0 aliphatic carbocycles. The van der Waals surface area contributed by atoms with Gasteiger partial charge in [-0.05, 0) is 24.3 Å². The van der Waals surface area contributed by atoms with Gasteiger partial charge in [-0.1, -0.05) is 35.8 Å². The topological polar surface area (TPSA) is 26.3 Å². The minimum Gasteiger partial charge on any atom is -0.452 e. The first-order chi connectivity index (χ1) is 10.3. The van der Waals surface area contributed by atoms with Gasteiger partial charge >= 0.3 is 0 Å². The van der Waals surface area contributed by atoms with Crippen molar-refractivity contribution in [3.05, 3.63) is 54.6 Å². The van der Waals surface area contributed by atoms with E-state index in [1.165, 1.54) is 0 Å². The van der Waals surface area contributed by atoms with Crippen LogP contribution in [0.4, 0.5) is 0 Å². The summed E-state index contributed by atoms with van der Waals surface area (Å²) in [5, 5.41) is 4.23. The van der Waals surface area contributed by atoms with Crippen LogP contribution in [-0.4, -0.2) is 7.85 Å². The van der Waals surface area contributed by atoms with Crippen LogP contribution < -0.4 is 5.46 Å². The van der Waals surface area contributed by atoms with Gasteiger partial charge in [0, 0.05) is 21.5 Å². The molecule has 3 aromatic carbocycles. The Morgan fingerprint density at radius 1 is 0.619 bits per heavy atom. The summed E-state index contributed by atoms with van der Waals surface area (Å²) in [6.07, 6.45) is 0. The highest BCUT2D eigenvalue weighted by Gasteiger charge is 2.15. The summed E-state index contributed by atoms with van der Waals surface area (Å²) in [6.45, 7) is 0. The lowest BCUT2D eigenvalue weighted by Gasteiger charge is -1.92. The number of furan rings is 2. The third-order valence-corrected chi connectivity index (χ3v) is 4.01. The van der Waals surface area contributed by atoms with E-state index in [1.807, 2.05) is 36.4 Å². The molecule has 2 heterocycles. The summed E-state index contributed by atoms with van der Waals surface area (Å²) in [5.74, 6) is 0. The molecule has 0 atom stereocenters. The number of hydrogen-bond acceptors (Lipinski definition) is 2. The predicted octanol–water partition coefficient (Wildman–Crippen LogP) is 4.28. The lowest BCUT2D eigenvalue weighted by Crippen LogP contribution is -1.98. The predicted molar refractivity (Wildman–Crippen MR) is 86.4 cm³/mol. The van der Waals surface area contributed by atoms with Crippen molar-refractivity contribution in [1.82, 2.24) is 0 Å². The van der Waals surface area contributed by atoms with Gasteiger partial charge in [-0.2, -0.15) is 0 Å². The standard InChI is InChI=1S/C18H9BO2/c19-10-5-8-16-14(9-10)13-7-6-12-11-3-1-2-4-15(11)20-17(12)18(13)21-16/h1-9H. The summed E-state index contributed by atoms with van der Waals surface area (Å²) in [5.41, 5.74) is 4.01. The number of hydrogen-bond donors (Lipinski definition) is 0. The molecule has 96 valence electrons. The normalized spacial score (nSPS) is 12.0. The average Bonchev–Trinajstić information content (AvgIpc) is 3.05. The van der Waals surface area contributed by atoms with E-state index in [-0.39, 0.29) is 0 Å². The number of fused-ring (bicyclic) bond motifs is 7. The fourth-order valence-corrected chi connectivity index (χ4v) is 3.03. The van der Waals surface area contributed by atoms with Crippen LogP contribution in [0.15, 0.2) is 63.4 Å². The van der Waals surface area contributed by atoms with Crippen molar-refractivity contribution in [2.75, 3.05) is 0 Å². The molecule has 0 saturated heterocycles. The lowest BCUT2D eigenvalue weighted by molar-refractivity contribution is 0.633. The van der Waals surface area contributed by atoms with Crippen LogP contribution in [0.1, 0.15) is 0 Å². The molecule has 0 amide bonds. The first-order valence-corrected chi connectivity index (χ1v) is 6.83. The number of benzene rings is 3. The van der Waals surface area contributed by atoms with E-state index < -0.39 is 0 Å². The smallest absolute Gasteiger partial charge is 0.178 e. The molecule has 0 saturated carbocycles. The first-order valence-electron chi connectivity index (χ1n) is 6.83. The highest BCUT2D eigenvalue weighted by molar-refractivity contribution is 6.34. The van der Waals surface area contributed by atoms with Gasteiger partial charge in [-0.25, -0.2) is 0 Å². The van der Waals surface area contributed by atoms with Gasteiger partial charge in [0.15, 0.2) is 11.2 Å². The molecule has 0 spiro atoms. The van der Waals surface area contributed by atoms with Crippen molar-refractivity contribution in [3.63, 3.8) is 0 Å². The van der Waals surface area contributed by atoms with Crippen LogP contribution in [0, 0.1) is 0 Å². The molecule has 0 fully saturated rings. The fourth-order valence-electron chi connectivity index (χ4n) is 3.03. The Labute approximate surface area is 121 Å². The molecule has 3 heteroatoms. The molecule has 21 heavy (non-hydrogen) atoms. The molecular formula is C18H9BO2. The van der Waals surface area contributed by atoms with Gasteiger partial charge in [0.25, 0.3) is 0 Å². The van der Waals surface area contributed by atoms with Gasteiger partial charge in [-0.15, -0.1) is 0 Å². The van der Waals surface area contributed by atoms with Crippen LogP contribution in [-0.2, 0) is 0 Å². The molecule has 2 nitrogen and oxygen atoms in total. The molecule has 0 unspecified atom stereocenters. The molecule has 2 aromatic heterocycles. The maximum atomic E-state index is 6.00. The molecule has 0 N–H and O–H groups in total. The molecular weight excluding hydrogens is 259 g/mol. The van der Waals surface area contributed by atoms with Crippen LogP contribution >= 0.6 is 0 Å². The van der Waals surface area contributed by atoms with Gasteiger partial charge in [0.2, 0.25) is 0 Å². The Morgan fingerprint density at radius 3 is 2.10 bits per heavy atom. The highest BCUT2D eigenvalue weighted by Crippen LogP contribution is 2.37. The minimum atomic E-state index is 0.731. The van der Waals surface area contributed by atoms with Gasteiger partial charge in [0.1, 0.15) is 19.0 Å². The molecule has 5 rings (SSSR count). The fraction of sp³-hybridized carbons (Fsp3) is 0. The Morgan fingerprint density at radius 2 is 1.29 bits per heavy atom. The summed E-state index contributed by atoms with van der Waals surface area (Å²) in [4.78, 5) is 0. The summed E-state index contributed by atoms with van der Waals surface area (Å²) in [6, 6.07) is 17.9. The van der Waals surface area contributed by atoms with E-state index in [9.17, 15) is 0 Å². The average molecular weight is 268 g/mol. The van der Waals surface area contributed by atoms with E-state index in [0.29, 0.717) is 0 Å². The number of para-hydroxylation sites is 1. The zero-order chi connectivity index (χ0) is 14.0. The van der Waals surface area contributed by atoms with Crippen molar-refractivity contribution in [2.24, 2.45) is 0 Å². The quantitative estimate of drug-likeness (QED) is 0.392. The van der Waals surface area contributed by atoms with Crippen LogP contribution in [0.2, 0.25) is 0 Å². The van der Waals surface area contributed by atoms with Crippen LogP contribution in [0.25, 0.3) is 43.9 Å². The summed E-state index contributed by atoms with van der Waals surface area (Å²) >= 11 is 0. The van der Waals surface area contributed by atoms with Gasteiger partial charge < -0.3 is 8.83 Å². The molecule has 0 aliphatic rings. The van der Waals surface area contributed by atoms with E-state index in [1.54, 1.807) is 0 Å². The largest absolute Gasteiger partial charge is 0.452 e. The molecule has 5 aromatic rings. The van der Waals surface area contributed by atoms with Crippen molar-refractivity contribution < 1.29 is 8.83 Å². The lowest BCUT2D eigenvalue weighted by atomic mass is 9.94. The van der Waals surface area contributed by atoms with Crippen LogP contribution in [0.3, 0.4) is 0 Å². The zero-order valence-electron chi connectivity index (χ0n) is 11.1. The maximum absolute atomic E-state index is 6.00. The van der Waals surface area contributed by atoms with Crippen molar-refractivity contribution in [3.8, 4) is 0 Å². The van der Waals surface area contributed by atoms with Crippen molar-refractivity contribution >= 4 is 57.2 Å². The second-order valence-electron chi connectivity index (χ2n) is 5.27. The van der Waals surface area contributed by atoms with E-state index in [2.05, 4.69) is 18.2 Å². The Balaban J connectivity index is 2.06. The number of rotatable bonds is 0. The molecule has 0 bridgehead atoms. The van der Waals surface area contributed by atoms with Crippen LogP contribution in [0.5, 0.6) is 0 Å².